The minimum atomic E-state index is 0.118. The van der Waals surface area contributed by atoms with Gasteiger partial charge in [0.2, 0.25) is 0 Å². The summed E-state index contributed by atoms with van der Waals surface area (Å²) < 4.78 is 6.92. The van der Waals surface area contributed by atoms with E-state index in [2.05, 4.69) is 38.3 Å². The van der Waals surface area contributed by atoms with Crippen LogP contribution in [-0.2, 0) is 0 Å². The van der Waals surface area contributed by atoms with Crippen molar-refractivity contribution in [2.45, 2.75) is 18.8 Å². The van der Waals surface area contributed by atoms with Crippen LogP contribution in [0.5, 0.6) is 5.75 Å². The predicted octanol–water partition coefficient (Wildman–Crippen LogP) is 4.11. The van der Waals surface area contributed by atoms with E-state index in [-0.39, 0.29) is 11.7 Å². The second-order valence-corrected chi connectivity index (χ2v) is 8.60. The van der Waals surface area contributed by atoms with Gasteiger partial charge in [-0.05, 0) is 60.7 Å². The van der Waals surface area contributed by atoms with Crippen molar-refractivity contribution >= 4 is 21.7 Å². The van der Waals surface area contributed by atoms with Crippen LogP contribution in [0.4, 0.5) is 0 Å². The number of piperazine rings is 1. The number of rotatable bonds is 8. The van der Waals surface area contributed by atoms with Crippen LogP contribution in [0.1, 0.15) is 34.7 Å². The number of benzene rings is 2. The van der Waals surface area contributed by atoms with E-state index in [0.717, 1.165) is 61.4 Å². The molecule has 2 aliphatic rings. The molecule has 2 aromatic rings. The molecule has 2 atom stereocenters. The van der Waals surface area contributed by atoms with Gasteiger partial charge in [-0.3, -0.25) is 4.79 Å². The standard InChI is InChI=1S/C23H27BrN2O2/c24-19-6-2-17(3-7-19)21-16-22(21)23(27)18-4-8-20(9-5-18)28-15-1-12-26-13-10-25-11-14-26/h2-9,21-22,25H,1,10-16H2. The molecule has 1 aliphatic heterocycles. The van der Waals surface area contributed by atoms with Crippen molar-refractivity contribution in [3.63, 3.8) is 0 Å². The van der Waals surface area contributed by atoms with Crippen LogP contribution in [0.25, 0.3) is 0 Å². The summed E-state index contributed by atoms with van der Waals surface area (Å²) in [5, 5.41) is 3.37. The van der Waals surface area contributed by atoms with Crippen LogP contribution in [0, 0.1) is 5.92 Å². The molecule has 1 aliphatic carbocycles. The summed E-state index contributed by atoms with van der Waals surface area (Å²) in [6.07, 6.45) is 1.97. The molecule has 1 heterocycles. The normalized spacial score (nSPS) is 22.0. The first-order valence-corrected chi connectivity index (χ1v) is 11.0. The SMILES string of the molecule is O=C(c1ccc(OCCCN2CCNCC2)cc1)C1CC1c1ccc(Br)cc1. The second-order valence-electron chi connectivity index (χ2n) is 7.68. The quantitative estimate of drug-likeness (QED) is 0.493. The van der Waals surface area contributed by atoms with E-state index in [0.29, 0.717) is 12.5 Å². The third-order valence-electron chi connectivity index (χ3n) is 5.66. The molecule has 1 N–H and O–H groups in total. The van der Waals surface area contributed by atoms with Crippen molar-refractivity contribution in [3.05, 3.63) is 64.1 Å². The Hall–Kier alpha value is -1.69. The lowest BCUT2D eigenvalue weighted by Gasteiger charge is -2.26. The maximum Gasteiger partial charge on any atom is 0.166 e. The molecule has 28 heavy (non-hydrogen) atoms. The first-order chi connectivity index (χ1) is 13.7. The van der Waals surface area contributed by atoms with Crippen LogP contribution >= 0.6 is 15.9 Å². The Morgan fingerprint density at radius 3 is 2.50 bits per heavy atom. The average molecular weight is 443 g/mol. The van der Waals surface area contributed by atoms with Crippen molar-refractivity contribution in [1.82, 2.24) is 10.2 Å². The summed E-state index contributed by atoms with van der Waals surface area (Å²) in [6.45, 7) is 6.21. The highest BCUT2D eigenvalue weighted by Gasteiger charge is 2.43. The Kier molecular flexibility index (Phi) is 6.45. The summed E-state index contributed by atoms with van der Waals surface area (Å²) >= 11 is 3.46. The van der Waals surface area contributed by atoms with Crippen LogP contribution in [0.15, 0.2) is 53.0 Å². The molecule has 1 saturated heterocycles. The first kappa shape index (κ1) is 19.6. The lowest BCUT2D eigenvalue weighted by atomic mass is 10.0. The molecule has 0 radical (unpaired) electrons. The molecule has 4 rings (SSSR count). The van der Waals surface area contributed by atoms with E-state index >= 15 is 0 Å². The van der Waals surface area contributed by atoms with Crippen molar-refractivity contribution < 1.29 is 9.53 Å². The molecule has 4 nitrogen and oxygen atoms in total. The molecular formula is C23H27BrN2O2. The topological polar surface area (TPSA) is 41.6 Å². The lowest BCUT2D eigenvalue weighted by Crippen LogP contribution is -2.43. The third-order valence-corrected chi connectivity index (χ3v) is 6.19. The number of carbonyl (C=O) groups excluding carboxylic acids is 1. The Morgan fingerprint density at radius 1 is 1.07 bits per heavy atom. The highest BCUT2D eigenvalue weighted by molar-refractivity contribution is 9.10. The van der Waals surface area contributed by atoms with Crippen LogP contribution in [0.2, 0.25) is 0 Å². The van der Waals surface area contributed by atoms with Gasteiger partial charge in [0.05, 0.1) is 6.61 Å². The van der Waals surface area contributed by atoms with Gasteiger partial charge in [-0.25, -0.2) is 0 Å². The van der Waals surface area contributed by atoms with Gasteiger partial charge in [-0.2, -0.15) is 0 Å². The minimum Gasteiger partial charge on any atom is -0.494 e. The summed E-state index contributed by atoms with van der Waals surface area (Å²) in [5.74, 6) is 1.57. The van der Waals surface area contributed by atoms with Gasteiger partial charge >= 0.3 is 0 Å². The average Bonchev–Trinajstić information content (AvgIpc) is 3.53. The molecule has 5 heteroatoms. The maximum absolute atomic E-state index is 12.7. The zero-order chi connectivity index (χ0) is 19.3. The molecule has 2 fully saturated rings. The number of Topliss-reactive ketones (excluding diaryl/α,β-unsaturated/α-hetero) is 1. The Morgan fingerprint density at radius 2 is 1.79 bits per heavy atom. The summed E-state index contributed by atoms with van der Waals surface area (Å²) in [5.41, 5.74) is 2.05. The number of halogens is 1. The number of carbonyl (C=O) groups is 1. The highest BCUT2D eigenvalue weighted by atomic mass is 79.9. The molecule has 0 bridgehead atoms. The Bertz CT molecular complexity index is 785. The molecule has 0 aromatic heterocycles. The molecular weight excluding hydrogens is 416 g/mol. The van der Waals surface area contributed by atoms with Gasteiger partial charge in [-0.15, -0.1) is 0 Å². The summed E-state index contributed by atoms with van der Waals surface area (Å²) in [4.78, 5) is 15.2. The summed E-state index contributed by atoms with van der Waals surface area (Å²) in [6, 6.07) is 16.0. The van der Waals surface area contributed by atoms with Crippen molar-refractivity contribution in [2.24, 2.45) is 5.92 Å². The number of hydrogen-bond donors (Lipinski definition) is 1. The van der Waals surface area contributed by atoms with Gasteiger partial charge < -0.3 is 15.0 Å². The fourth-order valence-electron chi connectivity index (χ4n) is 3.91. The number of hydrogen-bond acceptors (Lipinski definition) is 4. The van der Waals surface area contributed by atoms with Crippen molar-refractivity contribution in [1.29, 1.82) is 0 Å². The van der Waals surface area contributed by atoms with E-state index in [4.69, 9.17) is 4.74 Å². The van der Waals surface area contributed by atoms with Crippen molar-refractivity contribution in [2.75, 3.05) is 39.3 Å². The largest absolute Gasteiger partial charge is 0.494 e. The highest BCUT2D eigenvalue weighted by Crippen LogP contribution is 2.49. The molecule has 0 amide bonds. The van der Waals surface area contributed by atoms with E-state index in [1.54, 1.807) is 0 Å². The zero-order valence-electron chi connectivity index (χ0n) is 16.1. The Balaban J connectivity index is 1.23. The second kappa shape index (κ2) is 9.21. The van der Waals surface area contributed by atoms with E-state index in [1.807, 2.05) is 36.4 Å². The fraction of sp³-hybridized carbons (Fsp3) is 0.435. The van der Waals surface area contributed by atoms with Gasteiger partial charge in [-0.1, -0.05) is 28.1 Å². The van der Waals surface area contributed by atoms with E-state index in [9.17, 15) is 4.79 Å². The van der Waals surface area contributed by atoms with Crippen LogP contribution in [0.3, 0.4) is 0 Å². The Labute approximate surface area is 175 Å². The lowest BCUT2D eigenvalue weighted by molar-refractivity contribution is 0.0965. The molecule has 2 aromatic carbocycles. The minimum absolute atomic E-state index is 0.118. The van der Waals surface area contributed by atoms with Gasteiger partial charge in [0.1, 0.15) is 5.75 Å². The fourth-order valence-corrected chi connectivity index (χ4v) is 4.17. The molecule has 1 saturated carbocycles. The van der Waals surface area contributed by atoms with E-state index in [1.165, 1.54) is 5.56 Å². The smallest absolute Gasteiger partial charge is 0.166 e. The number of nitrogens with zero attached hydrogens (tertiary/aromatic N) is 1. The third kappa shape index (κ3) is 5.02. The number of ether oxygens (including phenoxy) is 1. The molecule has 2 unspecified atom stereocenters. The molecule has 148 valence electrons. The van der Waals surface area contributed by atoms with Gasteiger partial charge in [0.15, 0.2) is 5.78 Å². The van der Waals surface area contributed by atoms with Crippen LogP contribution < -0.4 is 10.1 Å². The zero-order valence-corrected chi connectivity index (χ0v) is 17.7. The number of ketones is 1. The van der Waals surface area contributed by atoms with Crippen molar-refractivity contribution in [3.8, 4) is 5.75 Å². The maximum atomic E-state index is 12.7. The summed E-state index contributed by atoms with van der Waals surface area (Å²) in [7, 11) is 0. The van der Waals surface area contributed by atoms with Crippen LogP contribution in [-0.4, -0.2) is 50.0 Å². The predicted molar refractivity (Wildman–Crippen MR) is 115 cm³/mol. The number of nitrogens with one attached hydrogen (secondary N) is 1. The monoisotopic (exact) mass is 442 g/mol. The first-order valence-electron chi connectivity index (χ1n) is 10.2. The molecule has 0 spiro atoms. The van der Waals surface area contributed by atoms with Gasteiger partial charge in [0, 0.05) is 48.7 Å². The van der Waals surface area contributed by atoms with E-state index < -0.39 is 0 Å². The van der Waals surface area contributed by atoms with Gasteiger partial charge in [0.25, 0.3) is 0 Å².